The largest absolute Gasteiger partial charge is 0.493 e. The van der Waals surface area contributed by atoms with Crippen LogP contribution in [0.4, 0.5) is 0 Å². The predicted octanol–water partition coefficient (Wildman–Crippen LogP) is 2.22. The first-order chi connectivity index (χ1) is 12.6. The molecule has 138 valence electrons. The summed E-state index contributed by atoms with van der Waals surface area (Å²) in [5.74, 6) is -0.375. The summed E-state index contributed by atoms with van der Waals surface area (Å²) in [4.78, 5) is 27.0. The first-order valence-electron chi connectivity index (χ1n) is 9.08. The second-order valence-corrected chi connectivity index (χ2v) is 6.40. The molecule has 2 N–H and O–H groups in total. The zero-order valence-electron chi connectivity index (χ0n) is 14.9. The number of hydrogen-bond acceptors (Lipinski definition) is 5. The normalized spacial score (nSPS) is 15.7. The van der Waals surface area contributed by atoms with Crippen LogP contribution in [0, 0.1) is 0 Å². The third-order valence-corrected chi connectivity index (χ3v) is 4.57. The minimum Gasteiger partial charge on any atom is -0.493 e. The monoisotopic (exact) mass is 356 g/mol. The standard InChI is InChI=1S/C19H24N4O3/c1-2-15(21-22-12-8-3-4-9-13-22)16-17(24)20-19(26)23(18(16)25)14-10-6-5-7-11-14/h5-7,10-11,25H,2-4,8-9,12-13H2,1H3,(H,20,24,26)/b21-15+. The molecule has 1 saturated heterocycles. The van der Waals surface area contributed by atoms with E-state index >= 15 is 0 Å². The van der Waals surface area contributed by atoms with Crippen molar-refractivity contribution in [3.05, 3.63) is 56.7 Å². The van der Waals surface area contributed by atoms with Crippen LogP contribution in [0.3, 0.4) is 0 Å². The van der Waals surface area contributed by atoms with Crippen LogP contribution in [-0.2, 0) is 0 Å². The number of hydrogen-bond donors (Lipinski definition) is 2. The third-order valence-electron chi connectivity index (χ3n) is 4.57. The number of nitrogens with one attached hydrogen (secondary N) is 1. The molecule has 1 fully saturated rings. The van der Waals surface area contributed by atoms with E-state index < -0.39 is 11.2 Å². The maximum Gasteiger partial charge on any atom is 0.335 e. The Labute approximate surface area is 151 Å². The van der Waals surface area contributed by atoms with Crippen molar-refractivity contribution in [1.29, 1.82) is 0 Å². The van der Waals surface area contributed by atoms with Crippen molar-refractivity contribution in [2.24, 2.45) is 5.10 Å². The fourth-order valence-corrected chi connectivity index (χ4v) is 3.22. The molecule has 0 atom stereocenters. The fraction of sp³-hybridized carbons (Fsp3) is 0.421. The number of aromatic amines is 1. The molecular weight excluding hydrogens is 332 g/mol. The van der Waals surface area contributed by atoms with Gasteiger partial charge in [-0.2, -0.15) is 5.10 Å². The number of aromatic nitrogens is 2. The van der Waals surface area contributed by atoms with Crippen molar-refractivity contribution in [3.8, 4) is 11.6 Å². The highest BCUT2D eigenvalue weighted by Gasteiger charge is 2.20. The van der Waals surface area contributed by atoms with E-state index in [-0.39, 0.29) is 11.4 Å². The number of aromatic hydroxyl groups is 1. The summed E-state index contributed by atoms with van der Waals surface area (Å²) in [5.41, 5.74) is -0.268. The Balaban J connectivity index is 2.11. The van der Waals surface area contributed by atoms with Gasteiger partial charge in [0, 0.05) is 13.1 Å². The molecule has 0 spiro atoms. The van der Waals surface area contributed by atoms with Gasteiger partial charge in [-0.05, 0) is 31.4 Å². The predicted molar refractivity (Wildman–Crippen MR) is 101 cm³/mol. The fourth-order valence-electron chi connectivity index (χ4n) is 3.22. The Morgan fingerprint density at radius 1 is 1.12 bits per heavy atom. The van der Waals surface area contributed by atoms with E-state index in [9.17, 15) is 14.7 Å². The first-order valence-corrected chi connectivity index (χ1v) is 9.08. The van der Waals surface area contributed by atoms with Crippen molar-refractivity contribution in [3.63, 3.8) is 0 Å². The molecule has 1 aromatic heterocycles. The van der Waals surface area contributed by atoms with E-state index in [1.54, 1.807) is 24.3 Å². The SMILES string of the molecule is CC/C(=N\N1CCCCCC1)c1c(O)n(-c2ccccc2)c(=O)[nH]c1=O. The number of benzene rings is 1. The van der Waals surface area contributed by atoms with Crippen LogP contribution in [0.25, 0.3) is 5.69 Å². The Bertz CT molecular complexity index is 891. The molecule has 7 nitrogen and oxygen atoms in total. The van der Waals surface area contributed by atoms with Crippen LogP contribution >= 0.6 is 0 Å². The van der Waals surface area contributed by atoms with Crippen LogP contribution < -0.4 is 11.2 Å². The molecule has 0 unspecified atom stereocenters. The molecule has 3 rings (SSSR count). The van der Waals surface area contributed by atoms with Gasteiger partial charge in [-0.15, -0.1) is 0 Å². The lowest BCUT2D eigenvalue weighted by Crippen LogP contribution is -2.34. The Morgan fingerprint density at radius 3 is 2.38 bits per heavy atom. The molecule has 0 radical (unpaired) electrons. The third kappa shape index (κ3) is 3.71. The quantitative estimate of drug-likeness (QED) is 0.822. The van der Waals surface area contributed by atoms with Gasteiger partial charge in [0.2, 0.25) is 5.88 Å². The molecule has 2 heterocycles. The molecule has 1 aliphatic rings. The highest BCUT2D eigenvalue weighted by atomic mass is 16.3. The molecule has 7 heteroatoms. The molecule has 0 amide bonds. The topological polar surface area (TPSA) is 90.7 Å². The maximum absolute atomic E-state index is 12.4. The van der Waals surface area contributed by atoms with Gasteiger partial charge in [-0.25, -0.2) is 9.36 Å². The van der Waals surface area contributed by atoms with E-state index in [0.717, 1.165) is 30.5 Å². The van der Waals surface area contributed by atoms with Crippen molar-refractivity contribution >= 4 is 5.71 Å². The van der Waals surface area contributed by atoms with Crippen molar-refractivity contribution in [2.45, 2.75) is 39.0 Å². The second-order valence-electron chi connectivity index (χ2n) is 6.40. The number of H-pyrrole nitrogens is 1. The molecular formula is C19H24N4O3. The van der Waals surface area contributed by atoms with Gasteiger partial charge in [-0.1, -0.05) is 38.0 Å². The smallest absolute Gasteiger partial charge is 0.335 e. The Kier molecular flexibility index (Phi) is 5.55. The van der Waals surface area contributed by atoms with Crippen LogP contribution in [0.2, 0.25) is 0 Å². The van der Waals surface area contributed by atoms with Crippen LogP contribution in [0.5, 0.6) is 5.88 Å². The molecule has 1 aliphatic heterocycles. The molecule has 2 aromatic rings. The highest BCUT2D eigenvalue weighted by Crippen LogP contribution is 2.19. The summed E-state index contributed by atoms with van der Waals surface area (Å²) >= 11 is 0. The van der Waals surface area contributed by atoms with E-state index in [0.29, 0.717) is 17.8 Å². The Hall–Kier alpha value is -2.83. The van der Waals surface area contributed by atoms with E-state index in [1.165, 1.54) is 12.8 Å². The Morgan fingerprint density at radius 2 is 1.77 bits per heavy atom. The minimum atomic E-state index is -0.673. The average Bonchev–Trinajstić information content (AvgIpc) is 2.90. The molecule has 0 aliphatic carbocycles. The lowest BCUT2D eigenvalue weighted by atomic mass is 10.1. The summed E-state index contributed by atoms with van der Waals surface area (Å²) in [6.07, 6.45) is 4.95. The zero-order chi connectivity index (χ0) is 18.5. The first kappa shape index (κ1) is 18.0. The summed E-state index contributed by atoms with van der Waals surface area (Å²) in [5, 5.41) is 17.3. The summed E-state index contributed by atoms with van der Waals surface area (Å²) in [7, 11) is 0. The van der Waals surface area contributed by atoms with Crippen molar-refractivity contribution < 1.29 is 5.11 Å². The molecule has 26 heavy (non-hydrogen) atoms. The number of para-hydroxylation sites is 1. The molecule has 0 bridgehead atoms. The highest BCUT2D eigenvalue weighted by molar-refractivity contribution is 6.01. The lowest BCUT2D eigenvalue weighted by Gasteiger charge is -2.19. The average molecular weight is 356 g/mol. The van der Waals surface area contributed by atoms with Gasteiger partial charge in [0.15, 0.2) is 0 Å². The number of hydrazone groups is 1. The molecule has 0 saturated carbocycles. The maximum atomic E-state index is 12.4. The summed E-state index contributed by atoms with van der Waals surface area (Å²) in [6.45, 7) is 3.55. The number of rotatable bonds is 4. The zero-order valence-corrected chi connectivity index (χ0v) is 14.9. The van der Waals surface area contributed by atoms with Crippen LogP contribution in [0.15, 0.2) is 45.0 Å². The van der Waals surface area contributed by atoms with Gasteiger partial charge < -0.3 is 5.11 Å². The van der Waals surface area contributed by atoms with Gasteiger partial charge in [0.25, 0.3) is 5.56 Å². The van der Waals surface area contributed by atoms with Crippen LogP contribution in [0.1, 0.15) is 44.6 Å². The lowest BCUT2D eigenvalue weighted by molar-refractivity contribution is 0.300. The summed E-state index contributed by atoms with van der Waals surface area (Å²) in [6, 6.07) is 8.73. The van der Waals surface area contributed by atoms with Gasteiger partial charge >= 0.3 is 5.69 Å². The van der Waals surface area contributed by atoms with Crippen molar-refractivity contribution in [2.75, 3.05) is 13.1 Å². The van der Waals surface area contributed by atoms with Gasteiger partial charge in [-0.3, -0.25) is 14.8 Å². The summed E-state index contributed by atoms with van der Waals surface area (Å²) < 4.78 is 1.10. The van der Waals surface area contributed by atoms with Gasteiger partial charge in [0.05, 0.1) is 11.4 Å². The van der Waals surface area contributed by atoms with Crippen LogP contribution in [-0.4, -0.2) is 38.5 Å². The van der Waals surface area contributed by atoms with E-state index in [1.807, 2.05) is 18.0 Å². The van der Waals surface area contributed by atoms with E-state index in [2.05, 4.69) is 10.1 Å². The van der Waals surface area contributed by atoms with E-state index in [4.69, 9.17) is 0 Å². The minimum absolute atomic E-state index is 0.0557. The second kappa shape index (κ2) is 8.03. The van der Waals surface area contributed by atoms with Crippen molar-refractivity contribution in [1.82, 2.24) is 14.6 Å². The number of nitrogens with zero attached hydrogens (tertiary/aromatic N) is 3. The molecule has 1 aromatic carbocycles. The van der Waals surface area contributed by atoms with Gasteiger partial charge in [0.1, 0.15) is 5.56 Å².